The Bertz CT molecular complexity index is 645. The van der Waals surface area contributed by atoms with Gasteiger partial charge in [0.2, 0.25) is 5.95 Å². The third-order valence-electron chi connectivity index (χ3n) is 4.30. The molecule has 0 amide bonds. The van der Waals surface area contributed by atoms with Crippen molar-refractivity contribution in [2.75, 3.05) is 55.6 Å². The largest absolute Gasteiger partial charge is 0.378 e. The van der Waals surface area contributed by atoms with Crippen molar-refractivity contribution in [2.45, 2.75) is 25.7 Å². The number of halogens is 1. The number of anilines is 2. The predicted molar refractivity (Wildman–Crippen MR) is 103 cm³/mol. The summed E-state index contributed by atoms with van der Waals surface area (Å²) in [6, 6.07) is 2.09. The summed E-state index contributed by atoms with van der Waals surface area (Å²) in [5, 5.41) is 2.10. The maximum atomic E-state index is 5.73. The number of aromatic nitrogens is 2. The van der Waals surface area contributed by atoms with Crippen molar-refractivity contribution in [3.8, 4) is 0 Å². The summed E-state index contributed by atoms with van der Waals surface area (Å²) in [6.45, 7) is 4.29. The fourth-order valence-electron chi connectivity index (χ4n) is 2.89. The number of hydrogen-bond acceptors (Lipinski definition) is 6. The molecule has 3 rings (SSSR count). The van der Waals surface area contributed by atoms with Gasteiger partial charge in [-0.1, -0.05) is 12.8 Å². The van der Waals surface area contributed by atoms with Crippen LogP contribution in [0.3, 0.4) is 0 Å². The Labute approximate surface area is 152 Å². The normalized spacial score (nSPS) is 15.2. The smallest absolute Gasteiger partial charge is 0.227 e. The van der Waals surface area contributed by atoms with Gasteiger partial charge in [-0.25, -0.2) is 4.98 Å². The van der Waals surface area contributed by atoms with Gasteiger partial charge in [0, 0.05) is 32.6 Å². The fourth-order valence-corrected chi connectivity index (χ4v) is 3.93. The van der Waals surface area contributed by atoms with Gasteiger partial charge in [-0.05, 0) is 24.3 Å². The molecule has 0 atom stereocenters. The van der Waals surface area contributed by atoms with E-state index in [-0.39, 0.29) is 0 Å². The van der Waals surface area contributed by atoms with Gasteiger partial charge in [-0.15, -0.1) is 22.9 Å². The van der Waals surface area contributed by atoms with Crippen molar-refractivity contribution < 1.29 is 4.74 Å². The Balaban J connectivity index is 1.73. The molecule has 0 radical (unpaired) electrons. The van der Waals surface area contributed by atoms with Crippen LogP contribution < -0.4 is 9.80 Å². The zero-order valence-electron chi connectivity index (χ0n) is 14.2. The quantitative estimate of drug-likeness (QED) is 0.524. The monoisotopic (exact) mass is 368 g/mol. The predicted octanol–water partition coefficient (Wildman–Crippen LogP) is 3.76. The summed E-state index contributed by atoms with van der Waals surface area (Å²) in [7, 11) is 2.08. The summed E-state index contributed by atoms with van der Waals surface area (Å²) < 4.78 is 6.65. The first-order valence-corrected chi connectivity index (χ1v) is 10.1. The SMILES string of the molecule is CN(CCCCCCCl)c1nc(N2CCOCC2)c2sccc2n1. The van der Waals surface area contributed by atoms with E-state index in [0.29, 0.717) is 0 Å². The van der Waals surface area contributed by atoms with Crippen LogP contribution in [-0.2, 0) is 4.74 Å². The third-order valence-corrected chi connectivity index (χ3v) is 5.47. The Morgan fingerprint density at radius 2 is 2.00 bits per heavy atom. The summed E-state index contributed by atoms with van der Waals surface area (Å²) in [5.41, 5.74) is 1.04. The van der Waals surface area contributed by atoms with Gasteiger partial charge in [-0.3, -0.25) is 0 Å². The van der Waals surface area contributed by atoms with E-state index in [0.717, 1.165) is 68.9 Å². The molecule has 0 aromatic carbocycles. The standard InChI is InChI=1S/C17H25ClN4OS/c1-21(8-5-3-2-4-7-18)17-19-14-6-13-24-15(14)16(20-17)22-9-11-23-12-10-22/h6,13H,2-5,7-12H2,1H3. The molecule has 2 aromatic rings. The number of fused-ring (bicyclic) bond motifs is 1. The minimum absolute atomic E-state index is 0.761. The van der Waals surface area contributed by atoms with Crippen molar-refractivity contribution in [3.05, 3.63) is 11.4 Å². The lowest BCUT2D eigenvalue weighted by Gasteiger charge is -2.29. The van der Waals surface area contributed by atoms with E-state index in [1.807, 2.05) is 0 Å². The highest BCUT2D eigenvalue weighted by Gasteiger charge is 2.19. The molecule has 1 aliphatic heterocycles. The maximum Gasteiger partial charge on any atom is 0.227 e. The number of nitrogens with zero attached hydrogens (tertiary/aromatic N) is 4. The summed E-state index contributed by atoms with van der Waals surface area (Å²) in [6.07, 6.45) is 4.64. The lowest BCUT2D eigenvalue weighted by Crippen LogP contribution is -2.37. The van der Waals surface area contributed by atoms with Gasteiger partial charge in [0.05, 0.1) is 23.4 Å². The van der Waals surface area contributed by atoms with Crippen molar-refractivity contribution >= 4 is 44.9 Å². The molecule has 0 N–H and O–H groups in total. The molecule has 0 aliphatic carbocycles. The van der Waals surface area contributed by atoms with Crippen molar-refractivity contribution in [2.24, 2.45) is 0 Å². The summed E-state index contributed by atoms with van der Waals surface area (Å²) >= 11 is 7.45. The van der Waals surface area contributed by atoms with E-state index < -0.39 is 0 Å². The van der Waals surface area contributed by atoms with Gasteiger partial charge in [0.25, 0.3) is 0 Å². The zero-order valence-corrected chi connectivity index (χ0v) is 15.8. The number of rotatable bonds is 8. The molecule has 1 aliphatic rings. The number of thiophene rings is 1. The number of morpholine rings is 1. The Morgan fingerprint density at radius 3 is 2.79 bits per heavy atom. The topological polar surface area (TPSA) is 41.5 Å². The Hall–Kier alpha value is -1.11. The van der Waals surface area contributed by atoms with Gasteiger partial charge < -0.3 is 14.5 Å². The van der Waals surface area contributed by atoms with E-state index in [1.54, 1.807) is 11.3 Å². The summed E-state index contributed by atoms with van der Waals surface area (Å²) in [5.74, 6) is 2.64. The first-order valence-electron chi connectivity index (χ1n) is 8.64. The molecule has 0 saturated carbocycles. The molecule has 132 valence electrons. The molecule has 3 heterocycles. The number of unbranched alkanes of at least 4 members (excludes halogenated alkanes) is 3. The zero-order chi connectivity index (χ0) is 16.8. The first-order chi connectivity index (χ1) is 11.8. The Kier molecular flexibility index (Phi) is 6.51. The molecule has 0 unspecified atom stereocenters. The molecule has 7 heteroatoms. The lowest BCUT2D eigenvalue weighted by atomic mass is 10.2. The highest BCUT2D eigenvalue weighted by atomic mass is 35.5. The van der Waals surface area contributed by atoms with Crippen LogP contribution in [0.2, 0.25) is 0 Å². The van der Waals surface area contributed by atoms with Crippen LogP contribution in [0.25, 0.3) is 10.2 Å². The van der Waals surface area contributed by atoms with Gasteiger partial charge in [0.15, 0.2) is 5.82 Å². The number of alkyl halides is 1. The average molecular weight is 369 g/mol. The van der Waals surface area contributed by atoms with Crippen molar-refractivity contribution in [3.63, 3.8) is 0 Å². The van der Waals surface area contributed by atoms with Gasteiger partial charge in [0.1, 0.15) is 0 Å². The molecular weight excluding hydrogens is 344 g/mol. The van der Waals surface area contributed by atoms with Crippen LogP contribution in [-0.4, -0.2) is 55.7 Å². The molecular formula is C17H25ClN4OS. The second kappa shape index (κ2) is 8.83. The van der Waals surface area contributed by atoms with Crippen LogP contribution in [0, 0.1) is 0 Å². The third kappa shape index (κ3) is 4.29. The average Bonchev–Trinajstić information content (AvgIpc) is 3.10. The Morgan fingerprint density at radius 1 is 1.21 bits per heavy atom. The second-order valence-corrected chi connectivity index (χ2v) is 7.40. The maximum absolute atomic E-state index is 5.73. The number of ether oxygens (including phenoxy) is 1. The second-order valence-electron chi connectivity index (χ2n) is 6.11. The molecule has 2 aromatic heterocycles. The van der Waals surface area contributed by atoms with Gasteiger partial charge in [-0.2, -0.15) is 4.98 Å². The highest BCUT2D eigenvalue weighted by molar-refractivity contribution is 7.17. The van der Waals surface area contributed by atoms with E-state index in [2.05, 4.69) is 28.3 Å². The molecule has 0 bridgehead atoms. The van der Waals surface area contributed by atoms with E-state index >= 15 is 0 Å². The molecule has 1 saturated heterocycles. The van der Waals surface area contributed by atoms with E-state index in [1.165, 1.54) is 17.5 Å². The van der Waals surface area contributed by atoms with E-state index in [9.17, 15) is 0 Å². The minimum atomic E-state index is 0.761. The summed E-state index contributed by atoms with van der Waals surface area (Å²) in [4.78, 5) is 14.1. The lowest BCUT2D eigenvalue weighted by molar-refractivity contribution is 0.122. The first kappa shape index (κ1) is 17.7. The highest BCUT2D eigenvalue weighted by Crippen LogP contribution is 2.31. The van der Waals surface area contributed by atoms with E-state index in [4.69, 9.17) is 26.3 Å². The van der Waals surface area contributed by atoms with Crippen LogP contribution >= 0.6 is 22.9 Å². The van der Waals surface area contributed by atoms with Crippen LogP contribution in [0.4, 0.5) is 11.8 Å². The molecule has 5 nitrogen and oxygen atoms in total. The number of hydrogen-bond donors (Lipinski definition) is 0. The van der Waals surface area contributed by atoms with Crippen molar-refractivity contribution in [1.29, 1.82) is 0 Å². The molecule has 1 fully saturated rings. The van der Waals surface area contributed by atoms with Gasteiger partial charge >= 0.3 is 0 Å². The minimum Gasteiger partial charge on any atom is -0.378 e. The van der Waals surface area contributed by atoms with Crippen LogP contribution in [0.15, 0.2) is 11.4 Å². The molecule has 0 spiro atoms. The van der Waals surface area contributed by atoms with Crippen LogP contribution in [0.5, 0.6) is 0 Å². The van der Waals surface area contributed by atoms with Crippen molar-refractivity contribution in [1.82, 2.24) is 9.97 Å². The van der Waals surface area contributed by atoms with Crippen LogP contribution in [0.1, 0.15) is 25.7 Å². The molecule has 24 heavy (non-hydrogen) atoms. The fraction of sp³-hybridized carbons (Fsp3) is 0.647.